The number of fused-ring (bicyclic) bond motifs is 1. The second-order valence-electron chi connectivity index (χ2n) is 8.35. The number of carbonyl (C=O) groups is 2. The molecule has 166 valence electrons. The molecule has 0 saturated heterocycles. The molecule has 0 aliphatic carbocycles. The molecule has 0 radical (unpaired) electrons. The Labute approximate surface area is 193 Å². The lowest BCUT2D eigenvalue weighted by Crippen LogP contribution is -2.47. The molecule has 1 atom stereocenters. The van der Waals surface area contributed by atoms with E-state index >= 15 is 0 Å². The molecule has 4 heteroatoms. The Morgan fingerprint density at radius 2 is 1.18 bits per heavy atom. The standard InChI is InChI=1S/C29H26O4/c1-21(20-23-14-11-13-22-12-9-10-19-26(22)23)29(2,27(30)32-24-15-5-3-6-16-24)28(31)33-25-17-7-4-8-18-25/h3-19,21H,20H2,1-2H3/t21-/m1/s1. The molecule has 0 aliphatic heterocycles. The maximum Gasteiger partial charge on any atom is 0.328 e. The molecule has 0 aliphatic rings. The van der Waals surface area contributed by atoms with E-state index in [1.165, 1.54) is 0 Å². The monoisotopic (exact) mass is 438 g/mol. The largest absolute Gasteiger partial charge is 0.426 e. The van der Waals surface area contributed by atoms with Crippen molar-refractivity contribution in [3.63, 3.8) is 0 Å². The van der Waals surface area contributed by atoms with Crippen molar-refractivity contribution in [3.8, 4) is 11.5 Å². The first-order valence-electron chi connectivity index (χ1n) is 11.0. The Morgan fingerprint density at radius 1 is 0.697 bits per heavy atom. The minimum absolute atomic E-state index is 0.388. The summed E-state index contributed by atoms with van der Waals surface area (Å²) in [5.41, 5.74) is -0.463. The number of rotatable bonds is 7. The van der Waals surface area contributed by atoms with Crippen molar-refractivity contribution in [1.29, 1.82) is 0 Å². The molecule has 0 heterocycles. The summed E-state index contributed by atoms with van der Waals surface area (Å²) in [5.74, 6) is -0.891. The first kappa shape index (κ1) is 22.3. The highest BCUT2D eigenvalue weighted by atomic mass is 16.6. The number of para-hydroxylation sites is 2. The van der Waals surface area contributed by atoms with Crippen LogP contribution in [0.2, 0.25) is 0 Å². The molecule has 0 spiro atoms. The van der Waals surface area contributed by atoms with Gasteiger partial charge < -0.3 is 9.47 Å². The number of hydrogen-bond acceptors (Lipinski definition) is 4. The summed E-state index contributed by atoms with van der Waals surface area (Å²) in [4.78, 5) is 26.9. The van der Waals surface area contributed by atoms with Crippen LogP contribution in [0, 0.1) is 11.3 Å². The molecule has 33 heavy (non-hydrogen) atoms. The second-order valence-corrected chi connectivity index (χ2v) is 8.35. The van der Waals surface area contributed by atoms with Gasteiger partial charge in [0.15, 0.2) is 5.41 Å². The van der Waals surface area contributed by atoms with Gasteiger partial charge in [0.25, 0.3) is 0 Å². The second kappa shape index (κ2) is 9.70. The van der Waals surface area contributed by atoms with E-state index in [9.17, 15) is 9.59 Å². The summed E-state index contributed by atoms with van der Waals surface area (Å²) in [6.45, 7) is 3.50. The van der Waals surface area contributed by atoms with Crippen LogP contribution in [0.1, 0.15) is 19.4 Å². The Hall–Kier alpha value is -3.92. The highest BCUT2D eigenvalue weighted by molar-refractivity contribution is 6.01. The van der Waals surface area contributed by atoms with Gasteiger partial charge in [-0.25, -0.2) is 0 Å². The zero-order valence-corrected chi connectivity index (χ0v) is 18.7. The Kier molecular flexibility index (Phi) is 6.55. The van der Waals surface area contributed by atoms with Crippen LogP contribution < -0.4 is 9.47 Å². The highest BCUT2D eigenvalue weighted by Gasteiger charge is 2.49. The van der Waals surface area contributed by atoms with Crippen molar-refractivity contribution >= 4 is 22.7 Å². The molecule has 0 aromatic heterocycles. The average molecular weight is 439 g/mol. The lowest BCUT2D eigenvalue weighted by molar-refractivity contribution is -0.163. The SMILES string of the molecule is C[C@H](Cc1cccc2ccccc12)C(C)(C(=O)Oc1ccccc1)C(=O)Oc1ccccc1. The molecule has 0 saturated carbocycles. The topological polar surface area (TPSA) is 52.6 Å². The summed E-state index contributed by atoms with van der Waals surface area (Å²) >= 11 is 0. The fraction of sp³-hybridized carbons (Fsp3) is 0.172. The maximum atomic E-state index is 13.4. The van der Waals surface area contributed by atoms with E-state index in [-0.39, 0.29) is 0 Å². The molecule has 4 rings (SSSR count). The third kappa shape index (κ3) is 4.80. The molecular weight excluding hydrogens is 412 g/mol. The van der Waals surface area contributed by atoms with Crippen LogP contribution in [0.25, 0.3) is 10.8 Å². The minimum Gasteiger partial charge on any atom is -0.426 e. The average Bonchev–Trinajstić information content (AvgIpc) is 2.85. The molecule has 0 fully saturated rings. The summed E-state index contributed by atoms with van der Waals surface area (Å²) in [5, 5.41) is 2.21. The predicted octanol–water partition coefficient (Wildman–Crippen LogP) is 6.24. The molecular formula is C29H26O4. The number of carbonyl (C=O) groups excluding carboxylic acids is 2. The summed E-state index contributed by atoms with van der Waals surface area (Å²) < 4.78 is 11.3. The van der Waals surface area contributed by atoms with Gasteiger partial charge >= 0.3 is 11.9 Å². The lowest BCUT2D eigenvalue weighted by Gasteiger charge is -2.31. The van der Waals surface area contributed by atoms with Crippen molar-refractivity contribution in [2.24, 2.45) is 11.3 Å². The predicted molar refractivity (Wildman–Crippen MR) is 129 cm³/mol. The van der Waals surface area contributed by atoms with Crippen molar-refractivity contribution in [3.05, 3.63) is 109 Å². The third-order valence-electron chi connectivity index (χ3n) is 6.15. The third-order valence-corrected chi connectivity index (χ3v) is 6.15. The van der Waals surface area contributed by atoms with E-state index in [1.807, 2.05) is 43.3 Å². The minimum atomic E-state index is -1.53. The van der Waals surface area contributed by atoms with Gasteiger partial charge in [-0.1, -0.05) is 85.8 Å². The van der Waals surface area contributed by atoms with Crippen LogP contribution in [0.15, 0.2) is 103 Å². The first-order chi connectivity index (χ1) is 16.0. The lowest BCUT2D eigenvalue weighted by atomic mass is 9.74. The zero-order chi connectivity index (χ0) is 23.3. The highest BCUT2D eigenvalue weighted by Crippen LogP contribution is 2.36. The van der Waals surface area contributed by atoms with Crippen LogP contribution in [0.5, 0.6) is 11.5 Å². The van der Waals surface area contributed by atoms with Gasteiger partial charge in [0, 0.05) is 0 Å². The molecule has 4 aromatic rings. The van der Waals surface area contributed by atoms with Gasteiger partial charge in [0.2, 0.25) is 0 Å². The number of hydrogen-bond donors (Lipinski definition) is 0. The van der Waals surface area contributed by atoms with E-state index in [4.69, 9.17) is 9.47 Å². The van der Waals surface area contributed by atoms with Crippen LogP contribution in [-0.4, -0.2) is 11.9 Å². The van der Waals surface area contributed by atoms with Gasteiger partial charge in [0.05, 0.1) is 0 Å². The quantitative estimate of drug-likeness (QED) is 0.195. The van der Waals surface area contributed by atoms with Crippen molar-refractivity contribution in [1.82, 2.24) is 0 Å². The van der Waals surface area contributed by atoms with Gasteiger partial charge in [-0.05, 0) is 59.9 Å². The Balaban J connectivity index is 1.67. The smallest absolute Gasteiger partial charge is 0.328 e. The number of ether oxygens (including phenoxy) is 2. The van der Waals surface area contributed by atoms with Crippen molar-refractivity contribution in [2.45, 2.75) is 20.3 Å². The van der Waals surface area contributed by atoms with E-state index in [1.54, 1.807) is 55.5 Å². The van der Waals surface area contributed by atoms with Crippen molar-refractivity contribution in [2.75, 3.05) is 0 Å². The van der Waals surface area contributed by atoms with E-state index in [0.717, 1.165) is 16.3 Å². The summed E-state index contributed by atoms with van der Waals surface area (Å²) in [7, 11) is 0. The van der Waals surface area contributed by atoms with Crippen LogP contribution >= 0.6 is 0 Å². The molecule has 0 amide bonds. The Morgan fingerprint density at radius 3 is 1.76 bits per heavy atom. The van der Waals surface area contributed by atoms with E-state index in [2.05, 4.69) is 18.2 Å². The van der Waals surface area contributed by atoms with Gasteiger partial charge in [0.1, 0.15) is 11.5 Å². The van der Waals surface area contributed by atoms with Crippen molar-refractivity contribution < 1.29 is 19.1 Å². The molecule has 4 nitrogen and oxygen atoms in total. The Bertz CT molecular complexity index is 1190. The zero-order valence-electron chi connectivity index (χ0n) is 18.7. The summed E-state index contributed by atoms with van der Waals surface area (Å²) in [6, 6.07) is 31.7. The van der Waals surface area contributed by atoms with Gasteiger partial charge in [-0.2, -0.15) is 0 Å². The number of esters is 2. The van der Waals surface area contributed by atoms with Gasteiger partial charge in [-0.3, -0.25) is 9.59 Å². The molecule has 0 unspecified atom stereocenters. The van der Waals surface area contributed by atoms with Gasteiger partial charge in [-0.15, -0.1) is 0 Å². The molecule has 0 N–H and O–H groups in total. The normalized spacial score (nSPS) is 12.2. The fourth-order valence-electron chi connectivity index (χ4n) is 3.89. The maximum absolute atomic E-state index is 13.4. The van der Waals surface area contributed by atoms with Crippen LogP contribution in [0.4, 0.5) is 0 Å². The van der Waals surface area contributed by atoms with Crippen LogP contribution in [0.3, 0.4) is 0 Å². The van der Waals surface area contributed by atoms with E-state index in [0.29, 0.717) is 17.9 Å². The molecule has 0 bridgehead atoms. The molecule has 4 aromatic carbocycles. The number of benzene rings is 4. The fourth-order valence-corrected chi connectivity index (χ4v) is 3.89. The van der Waals surface area contributed by atoms with Crippen LogP contribution in [-0.2, 0) is 16.0 Å². The first-order valence-corrected chi connectivity index (χ1v) is 11.0. The van der Waals surface area contributed by atoms with E-state index < -0.39 is 23.3 Å². The summed E-state index contributed by atoms with van der Waals surface area (Å²) in [6.07, 6.45) is 0.506.